The molecule has 0 aliphatic carbocycles. The number of aryl methyl sites for hydroxylation is 3. The Hall–Kier alpha value is -3.28. The number of ether oxygens (including phenoxy) is 1. The number of hydroxylamine groups is 2. The molecule has 2 aliphatic rings. The maximum absolute atomic E-state index is 13.7. The summed E-state index contributed by atoms with van der Waals surface area (Å²) in [6.45, 7) is 3.08. The lowest BCUT2D eigenvalue weighted by atomic mass is 10.1. The number of halogens is 3. The van der Waals surface area contributed by atoms with E-state index in [1.807, 2.05) is 29.3 Å². The zero-order valence-electron chi connectivity index (χ0n) is 24.5. The lowest BCUT2D eigenvalue weighted by molar-refractivity contribution is -0.647. The molecule has 0 bridgehead atoms. The first-order valence-electron chi connectivity index (χ1n) is 13.6. The Morgan fingerprint density at radius 1 is 1.14 bits per heavy atom. The maximum atomic E-state index is 13.7. The minimum absolute atomic E-state index is 0.0226. The first kappa shape index (κ1) is 32.1. The first-order chi connectivity index (χ1) is 20.7. The van der Waals surface area contributed by atoms with Gasteiger partial charge in [0.25, 0.3) is 5.82 Å². The monoisotopic (exact) mass is 655 g/mol. The van der Waals surface area contributed by atoms with Crippen molar-refractivity contribution in [3.8, 4) is 0 Å². The number of rotatable bonds is 8. The number of aromatic nitrogens is 2. The van der Waals surface area contributed by atoms with Crippen LogP contribution >= 0.6 is 0 Å². The molecule has 0 radical (unpaired) electrons. The van der Waals surface area contributed by atoms with E-state index in [4.69, 9.17) is 9.02 Å². The molecule has 0 spiro atoms. The predicted molar refractivity (Wildman–Crippen MR) is 158 cm³/mol. The van der Waals surface area contributed by atoms with Crippen LogP contribution in [0, 0.1) is 6.92 Å². The number of benzene rings is 2. The van der Waals surface area contributed by atoms with E-state index >= 15 is 0 Å². The van der Waals surface area contributed by atoms with Crippen molar-refractivity contribution in [3.63, 3.8) is 0 Å². The highest BCUT2D eigenvalue weighted by Gasteiger charge is 2.37. The number of alkyl halides is 3. The molecule has 0 N–H and O–H groups in total. The third-order valence-corrected chi connectivity index (χ3v) is 9.31. The Morgan fingerprint density at radius 3 is 2.50 bits per heavy atom. The molecular weight excluding hydrogens is 623 g/mol. The van der Waals surface area contributed by atoms with E-state index in [1.165, 1.54) is 17.9 Å². The van der Waals surface area contributed by atoms with Gasteiger partial charge in [-0.2, -0.15) is 22.5 Å². The molecule has 1 unspecified atom stereocenters. The van der Waals surface area contributed by atoms with Gasteiger partial charge in [0.1, 0.15) is 5.82 Å². The van der Waals surface area contributed by atoms with Crippen molar-refractivity contribution in [2.24, 2.45) is 14.1 Å². The van der Waals surface area contributed by atoms with E-state index in [0.29, 0.717) is 42.7 Å². The number of hydrogen-bond donors (Lipinski definition) is 0. The van der Waals surface area contributed by atoms with Crippen LogP contribution in [-0.4, -0.2) is 72.5 Å². The number of hydrogen-bond acceptors (Lipinski definition) is 9. The van der Waals surface area contributed by atoms with Crippen LogP contribution in [0.15, 0.2) is 53.2 Å². The average molecular weight is 656 g/mol. The summed E-state index contributed by atoms with van der Waals surface area (Å²) in [5.74, 6) is 0.363. The molecular formula is C28H32F3N5O6S2. The number of fused-ring (bicyclic) bond motifs is 2. The van der Waals surface area contributed by atoms with Gasteiger partial charge in [0, 0.05) is 38.8 Å². The van der Waals surface area contributed by atoms with E-state index in [0.717, 1.165) is 22.9 Å². The third-order valence-electron chi connectivity index (χ3n) is 7.65. The molecule has 3 aromatic rings. The van der Waals surface area contributed by atoms with E-state index < -0.39 is 38.7 Å². The molecule has 0 amide bonds. The van der Waals surface area contributed by atoms with E-state index in [-0.39, 0.29) is 17.8 Å². The average Bonchev–Trinajstić information content (AvgIpc) is 3.35. The molecule has 238 valence electrons. The number of allylic oxidation sites excluding steroid dienone is 2. The second-order valence-electron chi connectivity index (χ2n) is 10.5. The van der Waals surface area contributed by atoms with Crippen LogP contribution in [0.4, 0.5) is 24.5 Å². The second kappa shape index (κ2) is 12.3. The van der Waals surface area contributed by atoms with Gasteiger partial charge in [-0.25, -0.2) is 21.8 Å². The Labute approximate surface area is 255 Å². The van der Waals surface area contributed by atoms with Gasteiger partial charge in [0.2, 0.25) is 11.1 Å². The number of nitrogens with zero attached hydrogens (tertiary/aromatic N) is 5. The molecule has 11 nitrogen and oxygen atoms in total. The highest BCUT2D eigenvalue weighted by atomic mass is 32.2. The van der Waals surface area contributed by atoms with Crippen LogP contribution < -0.4 is 14.4 Å². The minimum atomic E-state index is -4.63. The van der Waals surface area contributed by atoms with Crippen molar-refractivity contribution >= 4 is 49.7 Å². The highest BCUT2D eigenvalue weighted by Crippen LogP contribution is 2.45. The fraction of sp³-hybridized carbons (Fsp3) is 0.393. The Balaban J connectivity index is 1.46. The van der Waals surface area contributed by atoms with Gasteiger partial charge in [-0.15, -0.1) is 0 Å². The lowest BCUT2D eigenvalue weighted by Gasteiger charge is -2.24. The molecule has 16 heteroatoms. The fourth-order valence-corrected chi connectivity index (χ4v) is 6.59. The molecule has 1 saturated heterocycles. The minimum Gasteiger partial charge on any atom is -0.748 e. The molecule has 1 fully saturated rings. The summed E-state index contributed by atoms with van der Waals surface area (Å²) in [6, 6.07) is 7.74. The largest absolute Gasteiger partial charge is 0.748 e. The lowest BCUT2D eigenvalue weighted by Crippen LogP contribution is -2.36. The Kier molecular flexibility index (Phi) is 8.94. The van der Waals surface area contributed by atoms with Gasteiger partial charge in [-0.1, -0.05) is 6.08 Å². The quantitative estimate of drug-likeness (QED) is 0.267. The topological polar surface area (TPSA) is 111 Å². The summed E-state index contributed by atoms with van der Waals surface area (Å²) in [5.41, 5.74) is 1.44. The van der Waals surface area contributed by atoms with Gasteiger partial charge < -0.3 is 19.1 Å². The van der Waals surface area contributed by atoms with Gasteiger partial charge >= 0.3 is 6.18 Å². The van der Waals surface area contributed by atoms with Crippen molar-refractivity contribution in [1.82, 2.24) is 9.63 Å². The number of imidazole rings is 1. The number of morpholine rings is 1. The van der Waals surface area contributed by atoms with Crippen molar-refractivity contribution in [3.05, 3.63) is 65.3 Å². The second-order valence-corrected chi connectivity index (χ2v) is 13.1. The van der Waals surface area contributed by atoms with Crippen molar-refractivity contribution in [1.29, 1.82) is 0 Å². The number of anilines is 2. The normalized spacial score (nSPS) is 18.2. The molecule has 5 rings (SSSR count). The van der Waals surface area contributed by atoms with Crippen molar-refractivity contribution < 1.29 is 43.9 Å². The summed E-state index contributed by atoms with van der Waals surface area (Å²) >= 11 is -1.72. The predicted octanol–water partition coefficient (Wildman–Crippen LogP) is 2.97. The van der Waals surface area contributed by atoms with E-state index in [9.17, 15) is 30.4 Å². The molecule has 2 aromatic carbocycles. The van der Waals surface area contributed by atoms with Crippen molar-refractivity contribution in [2.45, 2.75) is 18.0 Å². The molecule has 0 saturated carbocycles. The van der Waals surface area contributed by atoms with Gasteiger partial charge in [-0.3, -0.25) is 0 Å². The van der Waals surface area contributed by atoms with Crippen LogP contribution in [0.25, 0.3) is 17.1 Å². The molecule has 2 aliphatic heterocycles. The zero-order valence-corrected chi connectivity index (χ0v) is 26.1. The summed E-state index contributed by atoms with van der Waals surface area (Å²) in [7, 11) is 0.732. The van der Waals surface area contributed by atoms with Crippen LogP contribution in [0.1, 0.15) is 17.0 Å². The smallest absolute Gasteiger partial charge is 0.416 e. The Bertz CT molecular complexity index is 1780. The van der Waals surface area contributed by atoms with Gasteiger partial charge in [0.15, 0.2) is 11.0 Å². The van der Waals surface area contributed by atoms with Crippen LogP contribution in [0.5, 0.6) is 0 Å². The fourth-order valence-electron chi connectivity index (χ4n) is 5.37. The molecule has 3 heterocycles. The SMILES string of the molecule is Cc1cc2c(cc1C(F)(F)F)N(CCS(=O)(=O)[O-])C(=CC=Cc1n(C)c3cc(S(=O)ON4CCOCC4)ccc3[n+]1C)N2C. The standard InChI is InChI=1S/C28H32F3N5O6S2/c1-19-16-23-25(18-21(19)28(29,30)31)36(12-15-44(38,39)40)27(34(23)4)7-5-6-26-32(2)22-9-8-20(17-24(22)33(26)3)43(37)42-35-10-13-41-14-11-35/h5-9,16-18H,10-15H2,1-4H3. The molecule has 44 heavy (non-hydrogen) atoms. The van der Waals surface area contributed by atoms with Crippen LogP contribution in [-0.2, 0) is 50.5 Å². The maximum Gasteiger partial charge on any atom is 0.416 e. The van der Waals surface area contributed by atoms with Gasteiger partial charge in [-0.05, 0) is 42.8 Å². The van der Waals surface area contributed by atoms with Crippen LogP contribution in [0.3, 0.4) is 0 Å². The third kappa shape index (κ3) is 6.55. The highest BCUT2D eigenvalue weighted by molar-refractivity contribution is 7.85. The molecule has 1 atom stereocenters. The molecule has 1 aromatic heterocycles. The summed E-state index contributed by atoms with van der Waals surface area (Å²) in [4.78, 5) is 3.55. The zero-order chi connectivity index (χ0) is 32.0. The van der Waals surface area contributed by atoms with Crippen LogP contribution in [0.2, 0.25) is 0 Å². The summed E-state index contributed by atoms with van der Waals surface area (Å²) in [5, 5.41) is 1.62. The van der Waals surface area contributed by atoms with Gasteiger partial charge in [0.05, 0.1) is 65.0 Å². The first-order valence-corrected chi connectivity index (χ1v) is 16.3. The van der Waals surface area contributed by atoms with E-state index in [1.54, 1.807) is 47.4 Å². The van der Waals surface area contributed by atoms with E-state index in [2.05, 4.69) is 0 Å². The summed E-state index contributed by atoms with van der Waals surface area (Å²) in [6.07, 6.45) is 0.529. The Morgan fingerprint density at radius 2 is 1.84 bits per heavy atom. The summed E-state index contributed by atoms with van der Waals surface area (Å²) < 4.78 is 103. The van der Waals surface area contributed by atoms with Crippen molar-refractivity contribution in [2.75, 3.05) is 55.4 Å².